The van der Waals surface area contributed by atoms with E-state index in [0.717, 1.165) is 24.3 Å². The van der Waals surface area contributed by atoms with E-state index >= 15 is 0 Å². The van der Waals surface area contributed by atoms with Crippen molar-refractivity contribution in [3.8, 4) is 6.07 Å². The Bertz CT molecular complexity index is 830. The van der Waals surface area contributed by atoms with Crippen molar-refractivity contribution in [1.29, 1.82) is 5.26 Å². The fraction of sp³-hybridized carbons (Fsp3) is 0.214. The molecule has 1 fully saturated rings. The van der Waals surface area contributed by atoms with E-state index in [2.05, 4.69) is 6.58 Å². The van der Waals surface area contributed by atoms with Crippen molar-refractivity contribution < 1.29 is 27.7 Å². The van der Waals surface area contributed by atoms with Gasteiger partial charge in [-0.15, -0.1) is 0 Å². The number of halogens is 3. The van der Waals surface area contributed by atoms with Crippen LogP contribution in [0.4, 0.5) is 18.9 Å². The zero-order valence-corrected chi connectivity index (χ0v) is 12.3. The highest BCUT2D eigenvalue weighted by atomic mass is 19.4. The fourth-order valence-corrected chi connectivity index (χ4v) is 2.39. The molecule has 0 saturated carbocycles. The molecule has 1 aliphatic rings. The molecule has 1 saturated heterocycles. The number of carbonyl (C=O) groups excluding carboxylic acids is 2. The van der Waals surface area contributed by atoms with Crippen molar-refractivity contribution in [2.24, 2.45) is 5.92 Å². The van der Waals surface area contributed by atoms with E-state index in [1.165, 1.54) is 11.4 Å². The minimum Gasteiger partial charge on any atom is -0.329 e. The third-order valence-corrected chi connectivity index (χ3v) is 3.62. The van der Waals surface area contributed by atoms with Crippen LogP contribution in [-0.2, 0) is 4.79 Å². The fourth-order valence-electron chi connectivity index (χ4n) is 2.39. The van der Waals surface area contributed by atoms with Gasteiger partial charge in [0, 0.05) is 23.4 Å². The molecule has 1 aliphatic heterocycles. The maximum absolute atomic E-state index is 13.6. The van der Waals surface area contributed by atoms with Gasteiger partial charge < -0.3 is 10.6 Å². The predicted octanol–water partition coefficient (Wildman–Crippen LogP) is 1.41. The van der Waals surface area contributed by atoms with Gasteiger partial charge in [-0.05, 0) is 6.07 Å². The standard InChI is InChI=1S/C14H9F3N4O4/c1-7-10(6-18)13(12(23)19-7,14(15,16)17)20-11(22)8-3-2-4-9(5-8)21(24)25/h2-5,10H,1H2,(H,19,23)(H,20,22)/t10-,13+/m1/s1. The molecule has 0 aliphatic carbocycles. The first kappa shape index (κ1) is 17.9. The first-order valence-electron chi connectivity index (χ1n) is 6.58. The second-order valence-corrected chi connectivity index (χ2v) is 5.11. The molecule has 1 heterocycles. The molecule has 2 N–H and O–H groups in total. The smallest absolute Gasteiger partial charge is 0.329 e. The molecular formula is C14H9F3N4O4. The number of nitrogens with one attached hydrogen (secondary N) is 2. The van der Waals surface area contributed by atoms with E-state index in [-0.39, 0.29) is 0 Å². The van der Waals surface area contributed by atoms with Crippen LogP contribution in [0.1, 0.15) is 10.4 Å². The van der Waals surface area contributed by atoms with Crippen LogP contribution in [0.15, 0.2) is 36.5 Å². The SMILES string of the molecule is C=C1NC(=O)[C@](NC(=O)c2cccc([N+](=O)[O-])c2)(C(F)(F)F)[C@@H]1C#N. The number of carbonyl (C=O) groups is 2. The lowest BCUT2D eigenvalue weighted by molar-refractivity contribution is -0.384. The number of hydrogen-bond acceptors (Lipinski definition) is 5. The van der Waals surface area contributed by atoms with Gasteiger partial charge >= 0.3 is 6.18 Å². The molecular weight excluding hydrogens is 345 g/mol. The van der Waals surface area contributed by atoms with E-state index in [4.69, 9.17) is 5.26 Å². The number of nitro groups is 1. The van der Waals surface area contributed by atoms with Crippen LogP contribution in [0.3, 0.4) is 0 Å². The zero-order chi connectivity index (χ0) is 19.0. The molecule has 2 atom stereocenters. The quantitative estimate of drug-likeness (QED) is 0.627. The van der Waals surface area contributed by atoms with Crippen molar-refractivity contribution in [2.75, 3.05) is 0 Å². The molecule has 0 bridgehead atoms. The number of nitrogens with zero attached hydrogens (tertiary/aromatic N) is 2. The Morgan fingerprint density at radius 1 is 1.48 bits per heavy atom. The molecule has 0 spiro atoms. The summed E-state index contributed by atoms with van der Waals surface area (Å²) < 4.78 is 40.8. The lowest BCUT2D eigenvalue weighted by Crippen LogP contribution is -2.66. The first-order chi connectivity index (χ1) is 11.5. The molecule has 2 amide bonds. The number of hydrogen-bond donors (Lipinski definition) is 2. The van der Waals surface area contributed by atoms with Crippen molar-refractivity contribution >= 4 is 17.5 Å². The summed E-state index contributed by atoms with van der Waals surface area (Å²) in [5.41, 5.74) is -5.05. The summed E-state index contributed by atoms with van der Waals surface area (Å²) in [6, 6.07) is 5.23. The zero-order valence-electron chi connectivity index (χ0n) is 12.3. The third kappa shape index (κ3) is 2.78. The predicted molar refractivity (Wildman–Crippen MR) is 75.7 cm³/mol. The summed E-state index contributed by atoms with van der Waals surface area (Å²) in [6.45, 7) is 3.19. The Morgan fingerprint density at radius 2 is 2.12 bits per heavy atom. The second-order valence-electron chi connectivity index (χ2n) is 5.11. The molecule has 0 unspecified atom stereocenters. The van der Waals surface area contributed by atoms with Gasteiger partial charge in [0.25, 0.3) is 17.5 Å². The molecule has 2 rings (SSSR count). The van der Waals surface area contributed by atoms with Crippen molar-refractivity contribution in [3.05, 3.63) is 52.2 Å². The number of benzene rings is 1. The lowest BCUT2D eigenvalue weighted by atomic mass is 9.84. The van der Waals surface area contributed by atoms with Gasteiger partial charge in [0.15, 0.2) is 0 Å². The van der Waals surface area contributed by atoms with Crippen LogP contribution >= 0.6 is 0 Å². The van der Waals surface area contributed by atoms with E-state index in [0.29, 0.717) is 0 Å². The van der Waals surface area contributed by atoms with Gasteiger partial charge in [0.05, 0.1) is 11.0 Å². The number of non-ortho nitro benzene ring substituents is 1. The number of rotatable bonds is 3. The Hall–Kier alpha value is -3.42. The lowest BCUT2D eigenvalue weighted by Gasteiger charge is -2.32. The largest absolute Gasteiger partial charge is 0.422 e. The highest BCUT2D eigenvalue weighted by Crippen LogP contribution is 2.42. The van der Waals surface area contributed by atoms with Crippen molar-refractivity contribution in [1.82, 2.24) is 10.6 Å². The summed E-state index contributed by atoms with van der Waals surface area (Å²) >= 11 is 0. The Labute approximate surface area is 138 Å². The van der Waals surface area contributed by atoms with E-state index in [1.54, 1.807) is 5.32 Å². The highest BCUT2D eigenvalue weighted by Gasteiger charge is 2.70. The van der Waals surface area contributed by atoms with Crippen LogP contribution in [0.5, 0.6) is 0 Å². The topological polar surface area (TPSA) is 125 Å². The molecule has 130 valence electrons. The maximum Gasteiger partial charge on any atom is 0.422 e. The molecule has 1 aromatic carbocycles. The monoisotopic (exact) mass is 354 g/mol. The van der Waals surface area contributed by atoms with Gasteiger partial charge in [0.2, 0.25) is 5.54 Å². The van der Waals surface area contributed by atoms with Crippen LogP contribution in [-0.4, -0.2) is 28.5 Å². The second kappa shape index (κ2) is 5.90. The maximum atomic E-state index is 13.6. The number of amides is 2. The summed E-state index contributed by atoms with van der Waals surface area (Å²) in [6.07, 6.45) is -5.31. The molecule has 11 heteroatoms. The first-order valence-corrected chi connectivity index (χ1v) is 6.58. The normalized spacial score (nSPS) is 22.9. The molecule has 0 radical (unpaired) electrons. The summed E-state index contributed by atoms with van der Waals surface area (Å²) in [5, 5.41) is 23.0. The van der Waals surface area contributed by atoms with Crippen LogP contribution in [0.25, 0.3) is 0 Å². The average Bonchev–Trinajstić information content (AvgIpc) is 2.77. The third-order valence-electron chi connectivity index (χ3n) is 3.62. The summed E-state index contributed by atoms with van der Waals surface area (Å²) in [5.74, 6) is -5.15. The summed E-state index contributed by atoms with van der Waals surface area (Å²) in [7, 11) is 0. The van der Waals surface area contributed by atoms with Gasteiger partial charge in [-0.3, -0.25) is 19.7 Å². The Kier molecular flexibility index (Phi) is 4.23. The number of alkyl halides is 3. The van der Waals surface area contributed by atoms with E-state index < -0.39 is 51.3 Å². The molecule has 8 nitrogen and oxygen atoms in total. The molecule has 1 aromatic rings. The van der Waals surface area contributed by atoms with Crippen molar-refractivity contribution in [2.45, 2.75) is 11.7 Å². The Morgan fingerprint density at radius 3 is 2.64 bits per heavy atom. The summed E-state index contributed by atoms with van der Waals surface area (Å²) in [4.78, 5) is 34.0. The number of nitro benzene ring substituents is 1. The van der Waals surface area contributed by atoms with E-state index in [1.807, 2.05) is 0 Å². The van der Waals surface area contributed by atoms with Crippen molar-refractivity contribution in [3.63, 3.8) is 0 Å². The minimum absolute atomic E-state index is 0.472. The van der Waals surface area contributed by atoms with Gasteiger partial charge in [-0.2, -0.15) is 18.4 Å². The molecule has 0 aromatic heterocycles. The van der Waals surface area contributed by atoms with Gasteiger partial charge in [-0.1, -0.05) is 12.6 Å². The minimum atomic E-state index is -5.31. The Balaban J connectivity index is 2.49. The van der Waals surface area contributed by atoms with E-state index in [9.17, 15) is 32.9 Å². The van der Waals surface area contributed by atoms with Crippen LogP contribution < -0.4 is 10.6 Å². The van der Waals surface area contributed by atoms with Crippen LogP contribution in [0.2, 0.25) is 0 Å². The average molecular weight is 354 g/mol. The number of nitriles is 1. The van der Waals surface area contributed by atoms with Crippen LogP contribution in [0, 0.1) is 27.4 Å². The van der Waals surface area contributed by atoms with Gasteiger partial charge in [0.1, 0.15) is 5.92 Å². The highest BCUT2D eigenvalue weighted by molar-refractivity contribution is 6.02. The van der Waals surface area contributed by atoms with Gasteiger partial charge in [-0.25, -0.2) is 0 Å². The molecule has 25 heavy (non-hydrogen) atoms.